The van der Waals surface area contributed by atoms with Gasteiger partial charge in [0.25, 0.3) is 0 Å². The first-order valence-electron chi connectivity index (χ1n) is 8.46. The lowest BCUT2D eigenvalue weighted by molar-refractivity contribution is -0.115. The molecule has 1 unspecified atom stereocenters. The molecule has 0 saturated carbocycles. The topological polar surface area (TPSA) is 26.3 Å². The van der Waals surface area contributed by atoms with Crippen LogP contribution in [0.15, 0.2) is 36.0 Å². The SMILES string of the molecule is C#CC(C)/C=C\C(=C/C)COC.C=C(CCC)C(=O)CC.CC. The fourth-order valence-electron chi connectivity index (χ4n) is 1.41. The van der Waals surface area contributed by atoms with Crippen molar-refractivity contribution in [3.63, 3.8) is 0 Å². The average molecular weight is 321 g/mol. The largest absolute Gasteiger partial charge is 0.380 e. The summed E-state index contributed by atoms with van der Waals surface area (Å²) in [6, 6.07) is 0. The molecule has 0 amide bonds. The second-order valence-corrected chi connectivity index (χ2v) is 4.74. The van der Waals surface area contributed by atoms with E-state index in [1.165, 1.54) is 0 Å². The van der Waals surface area contributed by atoms with E-state index in [2.05, 4.69) is 12.5 Å². The Balaban J connectivity index is -0.000000324. The first-order valence-corrected chi connectivity index (χ1v) is 8.46. The summed E-state index contributed by atoms with van der Waals surface area (Å²) >= 11 is 0. The van der Waals surface area contributed by atoms with Gasteiger partial charge in [0, 0.05) is 19.4 Å². The van der Waals surface area contributed by atoms with Crippen LogP contribution in [-0.4, -0.2) is 19.5 Å². The summed E-state index contributed by atoms with van der Waals surface area (Å²) in [5.41, 5.74) is 1.93. The van der Waals surface area contributed by atoms with Crippen LogP contribution in [0.4, 0.5) is 0 Å². The molecule has 0 saturated heterocycles. The number of hydrogen-bond acceptors (Lipinski definition) is 2. The monoisotopic (exact) mass is 320 g/mol. The number of ketones is 1. The number of hydrogen-bond donors (Lipinski definition) is 0. The van der Waals surface area contributed by atoms with Crippen LogP contribution in [0, 0.1) is 18.3 Å². The van der Waals surface area contributed by atoms with Crippen LogP contribution >= 0.6 is 0 Å². The van der Waals surface area contributed by atoms with Crippen molar-refractivity contribution in [2.75, 3.05) is 13.7 Å². The molecular weight excluding hydrogens is 284 g/mol. The van der Waals surface area contributed by atoms with E-state index in [4.69, 9.17) is 11.2 Å². The highest BCUT2D eigenvalue weighted by Gasteiger charge is 2.00. The predicted molar refractivity (Wildman–Crippen MR) is 103 cm³/mol. The maximum absolute atomic E-state index is 10.8. The van der Waals surface area contributed by atoms with E-state index in [-0.39, 0.29) is 11.7 Å². The Morgan fingerprint density at radius 2 is 1.91 bits per heavy atom. The molecule has 0 aliphatic carbocycles. The summed E-state index contributed by atoms with van der Waals surface area (Å²) in [5, 5.41) is 0. The van der Waals surface area contributed by atoms with Gasteiger partial charge in [0.1, 0.15) is 0 Å². The molecule has 0 aliphatic heterocycles. The normalized spacial score (nSPS) is 11.5. The minimum absolute atomic E-state index is 0.191. The van der Waals surface area contributed by atoms with Gasteiger partial charge in [-0.15, -0.1) is 6.42 Å². The van der Waals surface area contributed by atoms with E-state index in [1.807, 2.05) is 59.8 Å². The van der Waals surface area contributed by atoms with Crippen molar-refractivity contribution in [3.8, 4) is 12.3 Å². The van der Waals surface area contributed by atoms with Crippen molar-refractivity contribution in [2.45, 2.75) is 60.8 Å². The first-order chi connectivity index (χ1) is 11.0. The molecule has 0 aliphatic rings. The summed E-state index contributed by atoms with van der Waals surface area (Å²) in [7, 11) is 1.68. The number of Topliss-reactive ketones (excluding diaryl/α,β-unsaturated/α-hetero) is 1. The maximum Gasteiger partial charge on any atom is 0.157 e. The zero-order valence-electron chi connectivity index (χ0n) is 16.2. The Hall–Kier alpha value is -1.59. The highest BCUT2D eigenvalue weighted by Crippen LogP contribution is 2.04. The quantitative estimate of drug-likeness (QED) is 0.323. The van der Waals surface area contributed by atoms with Crippen molar-refractivity contribution in [1.82, 2.24) is 0 Å². The Bertz CT molecular complexity index is 395. The lowest BCUT2D eigenvalue weighted by atomic mass is 10.1. The van der Waals surface area contributed by atoms with Crippen LogP contribution in [0.2, 0.25) is 0 Å². The van der Waals surface area contributed by atoms with Gasteiger partial charge < -0.3 is 4.74 Å². The molecular formula is C21H36O2. The summed E-state index contributed by atoms with van der Waals surface area (Å²) in [5.74, 6) is 3.03. The standard InChI is InChI=1S/C11H16O.C8H14O.C2H6/c1-5-10(3)7-8-11(6-2)9-12-4;1-4-6-7(3)8(9)5-2;1-2/h1,6-8,10H,9H2,2-4H3;3-6H2,1-2H3;1-2H3/b8-7-,11-6+;;. The Labute approximate surface area is 144 Å². The second-order valence-electron chi connectivity index (χ2n) is 4.74. The highest BCUT2D eigenvalue weighted by molar-refractivity contribution is 5.94. The van der Waals surface area contributed by atoms with E-state index in [9.17, 15) is 4.79 Å². The number of methoxy groups -OCH3 is 1. The van der Waals surface area contributed by atoms with E-state index in [0.29, 0.717) is 13.0 Å². The second kappa shape index (κ2) is 20.4. The lowest BCUT2D eigenvalue weighted by Crippen LogP contribution is -1.97. The molecule has 0 rings (SSSR count). The van der Waals surface area contributed by atoms with Crippen molar-refractivity contribution in [2.24, 2.45) is 5.92 Å². The number of rotatable bonds is 8. The van der Waals surface area contributed by atoms with Crippen LogP contribution in [-0.2, 0) is 9.53 Å². The van der Waals surface area contributed by atoms with Crippen LogP contribution in [0.25, 0.3) is 0 Å². The molecule has 2 heteroatoms. The smallest absolute Gasteiger partial charge is 0.157 e. The molecule has 0 aromatic carbocycles. The maximum atomic E-state index is 10.8. The predicted octanol–water partition coefficient (Wildman–Crippen LogP) is 5.75. The molecule has 0 fully saturated rings. The highest BCUT2D eigenvalue weighted by atomic mass is 16.5. The summed E-state index contributed by atoms with van der Waals surface area (Å²) in [4.78, 5) is 10.8. The van der Waals surface area contributed by atoms with E-state index >= 15 is 0 Å². The molecule has 0 bridgehead atoms. The van der Waals surface area contributed by atoms with Gasteiger partial charge in [0.15, 0.2) is 5.78 Å². The van der Waals surface area contributed by atoms with Crippen LogP contribution in [0.5, 0.6) is 0 Å². The van der Waals surface area contributed by atoms with Crippen molar-refractivity contribution in [1.29, 1.82) is 0 Å². The fraction of sp³-hybridized carbons (Fsp3) is 0.571. The van der Waals surface area contributed by atoms with Gasteiger partial charge in [-0.3, -0.25) is 4.79 Å². The fourth-order valence-corrected chi connectivity index (χ4v) is 1.41. The summed E-state index contributed by atoms with van der Waals surface area (Å²) in [6.45, 7) is 16.2. The molecule has 0 aromatic heterocycles. The van der Waals surface area contributed by atoms with Gasteiger partial charge in [0.2, 0.25) is 0 Å². The third-order valence-corrected chi connectivity index (χ3v) is 2.81. The lowest BCUT2D eigenvalue weighted by Gasteiger charge is -1.99. The molecule has 0 aromatic rings. The van der Waals surface area contributed by atoms with Crippen molar-refractivity contribution < 1.29 is 9.53 Å². The minimum atomic E-state index is 0.191. The third kappa shape index (κ3) is 18.4. The van der Waals surface area contributed by atoms with E-state index < -0.39 is 0 Å². The Kier molecular flexibility index (Phi) is 23.4. The number of carbonyl (C=O) groups is 1. The summed E-state index contributed by atoms with van der Waals surface area (Å²) in [6.07, 6.45) is 13.7. The van der Waals surface area contributed by atoms with Crippen LogP contribution < -0.4 is 0 Å². The minimum Gasteiger partial charge on any atom is -0.380 e. The van der Waals surface area contributed by atoms with E-state index in [1.54, 1.807) is 7.11 Å². The third-order valence-electron chi connectivity index (χ3n) is 2.81. The molecule has 2 nitrogen and oxygen atoms in total. The molecule has 1 atom stereocenters. The van der Waals surface area contributed by atoms with Gasteiger partial charge >= 0.3 is 0 Å². The molecule has 0 heterocycles. The van der Waals surface area contributed by atoms with Gasteiger partial charge in [-0.2, -0.15) is 0 Å². The zero-order valence-corrected chi connectivity index (χ0v) is 16.2. The number of terminal acetylenes is 1. The van der Waals surface area contributed by atoms with Crippen LogP contribution in [0.1, 0.15) is 60.8 Å². The van der Waals surface area contributed by atoms with Gasteiger partial charge in [-0.1, -0.05) is 64.8 Å². The zero-order chi connectivity index (χ0) is 18.7. The Morgan fingerprint density at radius 3 is 2.26 bits per heavy atom. The number of carbonyl (C=O) groups excluding carboxylic acids is 1. The first kappa shape index (κ1) is 26.3. The van der Waals surface area contributed by atoms with Gasteiger partial charge in [0.05, 0.1) is 6.61 Å². The molecule has 0 N–H and O–H groups in total. The van der Waals surface area contributed by atoms with Crippen LogP contribution in [0.3, 0.4) is 0 Å². The molecule has 23 heavy (non-hydrogen) atoms. The van der Waals surface area contributed by atoms with Crippen molar-refractivity contribution in [3.05, 3.63) is 36.0 Å². The Morgan fingerprint density at radius 1 is 1.35 bits per heavy atom. The van der Waals surface area contributed by atoms with Crippen molar-refractivity contribution >= 4 is 5.78 Å². The average Bonchev–Trinajstić information content (AvgIpc) is 2.59. The van der Waals surface area contributed by atoms with Gasteiger partial charge in [-0.05, 0) is 31.4 Å². The molecule has 0 radical (unpaired) electrons. The molecule has 0 spiro atoms. The van der Waals surface area contributed by atoms with E-state index in [0.717, 1.165) is 24.0 Å². The number of allylic oxidation sites excluding steroid dienone is 3. The summed E-state index contributed by atoms with van der Waals surface area (Å²) < 4.78 is 4.99. The number of ether oxygens (including phenoxy) is 1. The van der Waals surface area contributed by atoms with Gasteiger partial charge in [-0.25, -0.2) is 0 Å². The molecule has 132 valence electrons.